The molecule has 0 aliphatic rings. The minimum absolute atomic E-state index is 0.0750. The molecular formula is C15H26N4O. The van der Waals surface area contributed by atoms with Gasteiger partial charge in [0, 0.05) is 17.3 Å². The summed E-state index contributed by atoms with van der Waals surface area (Å²) < 4.78 is 0. The highest BCUT2D eigenvalue weighted by atomic mass is 16.1. The SMILES string of the molecule is CCCc1cc(C(=O)NC(C)C(C)CC)cc(NN)n1. The van der Waals surface area contributed by atoms with E-state index < -0.39 is 0 Å². The van der Waals surface area contributed by atoms with Gasteiger partial charge in [0.25, 0.3) is 5.91 Å². The lowest BCUT2D eigenvalue weighted by Gasteiger charge is -2.20. The van der Waals surface area contributed by atoms with Crippen molar-refractivity contribution in [2.75, 3.05) is 5.43 Å². The van der Waals surface area contributed by atoms with Gasteiger partial charge in [-0.25, -0.2) is 10.8 Å². The number of nitrogen functional groups attached to an aromatic ring is 1. The smallest absolute Gasteiger partial charge is 0.251 e. The van der Waals surface area contributed by atoms with Crippen molar-refractivity contribution in [3.8, 4) is 0 Å². The van der Waals surface area contributed by atoms with Crippen LogP contribution < -0.4 is 16.6 Å². The average molecular weight is 278 g/mol. The van der Waals surface area contributed by atoms with Gasteiger partial charge in [-0.3, -0.25) is 4.79 Å². The normalized spacial score (nSPS) is 13.7. The van der Waals surface area contributed by atoms with E-state index >= 15 is 0 Å². The Hall–Kier alpha value is -1.62. The van der Waals surface area contributed by atoms with E-state index in [1.165, 1.54) is 0 Å². The first-order valence-electron chi connectivity index (χ1n) is 7.30. The van der Waals surface area contributed by atoms with Crippen molar-refractivity contribution in [3.05, 3.63) is 23.4 Å². The van der Waals surface area contributed by atoms with E-state index in [2.05, 4.69) is 36.5 Å². The number of hydrogen-bond donors (Lipinski definition) is 3. The van der Waals surface area contributed by atoms with Gasteiger partial charge in [-0.15, -0.1) is 0 Å². The number of nitrogens with zero attached hydrogens (tertiary/aromatic N) is 1. The van der Waals surface area contributed by atoms with E-state index in [1.54, 1.807) is 6.07 Å². The number of pyridine rings is 1. The Morgan fingerprint density at radius 2 is 2.05 bits per heavy atom. The molecule has 1 heterocycles. The number of rotatable bonds is 7. The molecule has 2 atom stereocenters. The zero-order chi connectivity index (χ0) is 15.1. The molecular weight excluding hydrogens is 252 g/mol. The molecule has 5 nitrogen and oxygen atoms in total. The second-order valence-corrected chi connectivity index (χ2v) is 5.27. The Kier molecular flexibility index (Phi) is 6.45. The summed E-state index contributed by atoms with van der Waals surface area (Å²) >= 11 is 0. The lowest BCUT2D eigenvalue weighted by atomic mass is 10.0. The maximum absolute atomic E-state index is 12.3. The molecule has 4 N–H and O–H groups in total. The summed E-state index contributed by atoms with van der Waals surface area (Å²) in [5, 5.41) is 3.03. The van der Waals surface area contributed by atoms with Gasteiger partial charge in [0.2, 0.25) is 0 Å². The molecule has 20 heavy (non-hydrogen) atoms. The van der Waals surface area contributed by atoms with Crippen molar-refractivity contribution in [1.29, 1.82) is 0 Å². The van der Waals surface area contributed by atoms with Crippen LogP contribution in [-0.2, 0) is 6.42 Å². The standard InChI is InChI=1S/C15H26N4O/c1-5-7-13-8-12(9-14(18-13)19-16)15(20)17-11(4)10(3)6-2/h8-11H,5-7,16H2,1-4H3,(H,17,20)(H,18,19). The van der Waals surface area contributed by atoms with Crippen molar-refractivity contribution < 1.29 is 4.79 Å². The third kappa shape index (κ3) is 4.49. The predicted octanol–water partition coefficient (Wildman–Crippen LogP) is 2.48. The zero-order valence-corrected chi connectivity index (χ0v) is 12.9. The molecule has 0 aromatic carbocycles. The molecule has 112 valence electrons. The van der Waals surface area contributed by atoms with Crippen LogP contribution in [0.25, 0.3) is 0 Å². The van der Waals surface area contributed by atoms with Gasteiger partial charge in [-0.1, -0.05) is 33.6 Å². The number of aryl methyl sites for hydroxylation is 1. The third-order valence-electron chi connectivity index (χ3n) is 3.65. The van der Waals surface area contributed by atoms with Crippen LogP contribution in [-0.4, -0.2) is 16.9 Å². The van der Waals surface area contributed by atoms with Crippen molar-refractivity contribution in [2.45, 2.75) is 53.0 Å². The number of carbonyl (C=O) groups is 1. The number of aromatic nitrogens is 1. The van der Waals surface area contributed by atoms with E-state index in [-0.39, 0.29) is 11.9 Å². The average Bonchev–Trinajstić information content (AvgIpc) is 2.46. The monoisotopic (exact) mass is 278 g/mol. The Morgan fingerprint density at radius 1 is 1.35 bits per heavy atom. The minimum Gasteiger partial charge on any atom is -0.349 e. The van der Waals surface area contributed by atoms with Crippen LogP contribution in [0.4, 0.5) is 5.82 Å². The molecule has 5 heteroatoms. The molecule has 2 unspecified atom stereocenters. The lowest BCUT2D eigenvalue weighted by Crippen LogP contribution is -2.37. The zero-order valence-electron chi connectivity index (χ0n) is 12.9. The fourth-order valence-corrected chi connectivity index (χ4v) is 1.96. The topological polar surface area (TPSA) is 80.0 Å². The molecule has 1 aromatic rings. The number of amides is 1. The van der Waals surface area contributed by atoms with Crippen LogP contribution in [0.5, 0.6) is 0 Å². The van der Waals surface area contributed by atoms with Crippen LogP contribution in [0.2, 0.25) is 0 Å². The number of carbonyl (C=O) groups excluding carboxylic acids is 1. The molecule has 1 rings (SSSR count). The van der Waals surface area contributed by atoms with Gasteiger partial charge in [0.15, 0.2) is 0 Å². The maximum Gasteiger partial charge on any atom is 0.251 e. The Bertz CT molecular complexity index is 447. The molecule has 0 spiro atoms. The third-order valence-corrected chi connectivity index (χ3v) is 3.65. The van der Waals surface area contributed by atoms with E-state index in [0.717, 1.165) is 25.0 Å². The van der Waals surface area contributed by atoms with Crippen LogP contribution in [0.3, 0.4) is 0 Å². The number of hydrogen-bond acceptors (Lipinski definition) is 4. The van der Waals surface area contributed by atoms with Gasteiger partial charge >= 0.3 is 0 Å². The van der Waals surface area contributed by atoms with E-state index in [0.29, 0.717) is 17.3 Å². The molecule has 0 aliphatic heterocycles. The summed E-state index contributed by atoms with van der Waals surface area (Å²) in [5.41, 5.74) is 4.00. The molecule has 1 aromatic heterocycles. The van der Waals surface area contributed by atoms with Crippen LogP contribution >= 0.6 is 0 Å². The Morgan fingerprint density at radius 3 is 2.60 bits per heavy atom. The summed E-state index contributed by atoms with van der Waals surface area (Å²) in [6, 6.07) is 3.66. The molecule has 0 aliphatic carbocycles. The summed E-state index contributed by atoms with van der Waals surface area (Å²) in [6.45, 7) is 8.36. The van der Waals surface area contributed by atoms with Gasteiger partial charge in [-0.05, 0) is 31.4 Å². The second kappa shape index (κ2) is 7.85. The van der Waals surface area contributed by atoms with Gasteiger partial charge < -0.3 is 10.7 Å². The molecule has 1 amide bonds. The minimum atomic E-state index is -0.0750. The van der Waals surface area contributed by atoms with Crippen LogP contribution in [0.1, 0.15) is 56.6 Å². The molecule has 0 saturated heterocycles. The number of hydrazine groups is 1. The van der Waals surface area contributed by atoms with Crippen molar-refractivity contribution >= 4 is 11.7 Å². The Labute approximate surface area is 121 Å². The van der Waals surface area contributed by atoms with Gasteiger partial charge in [0.05, 0.1) is 0 Å². The lowest BCUT2D eigenvalue weighted by molar-refractivity contribution is 0.0928. The predicted molar refractivity (Wildman–Crippen MR) is 82.4 cm³/mol. The van der Waals surface area contributed by atoms with Crippen molar-refractivity contribution in [3.63, 3.8) is 0 Å². The van der Waals surface area contributed by atoms with Crippen LogP contribution in [0.15, 0.2) is 12.1 Å². The molecule has 0 saturated carbocycles. The highest BCUT2D eigenvalue weighted by Crippen LogP contribution is 2.13. The van der Waals surface area contributed by atoms with E-state index in [1.807, 2.05) is 13.0 Å². The van der Waals surface area contributed by atoms with E-state index in [4.69, 9.17) is 5.84 Å². The summed E-state index contributed by atoms with van der Waals surface area (Å²) in [4.78, 5) is 16.6. The van der Waals surface area contributed by atoms with Gasteiger partial charge in [-0.2, -0.15) is 0 Å². The van der Waals surface area contributed by atoms with Crippen LogP contribution in [0, 0.1) is 5.92 Å². The number of anilines is 1. The first-order valence-corrected chi connectivity index (χ1v) is 7.30. The highest BCUT2D eigenvalue weighted by Gasteiger charge is 2.15. The quantitative estimate of drug-likeness (QED) is 0.529. The fraction of sp³-hybridized carbons (Fsp3) is 0.600. The Balaban J connectivity index is 2.88. The molecule has 0 radical (unpaired) electrons. The first kappa shape index (κ1) is 16.4. The summed E-state index contributed by atoms with van der Waals surface area (Å²) in [6.07, 6.45) is 2.84. The number of nitrogens with one attached hydrogen (secondary N) is 2. The van der Waals surface area contributed by atoms with Crippen molar-refractivity contribution in [2.24, 2.45) is 11.8 Å². The van der Waals surface area contributed by atoms with Gasteiger partial charge in [0.1, 0.15) is 5.82 Å². The molecule has 0 fully saturated rings. The van der Waals surface area contributed by atoms with E-state index in [9.17, 15) is 4.79 Å². The highest BCUT2D eigenvalue weighted by molar-refractivity contribution is 5.95. The first-order chi connectivity index (χ1) is 9.51. The maximum atomic E-state index is 12.3. The number of nitrogens with two attached hydrogens (primary N) is 1. The summed E-state index contributed by atoms with van der Waals surface area (Å²) in [5.74, 6) is 6.31. The van der Waals surface area contributed by atoms with Crippen molar-refractivity contribution in [1.82, 2.24) is 10.3 Å². The second-order valence-electron chi connectivity index (χ2n) is 5.27. The fourth-order valence-electron chi connectivity index (χ4n) is 1.96. The largest absolute Gasteiger partial charge is 0.349 e. The molecule has 0 bridgehead atoms. The summed E-state index contributed by atoms with van der Waals surface area (Å²) in [7, 11) is 0.